The number of hydrogen-bond donors (Lipinski definition) is 1. The van der Waals surface area contributed by atoms with Crippen molar-refractivity contribution in [2.24, 2.45) is 0 Å². The van der Waals surface area contributed by atoms with Crippen LogP contribution in [0.3, 0.4) is 0 Å². The molecule has 0 radical (unpaired) electrons. The van der Waals surface area contributed by atoms with Crippen LogP contribution in [0.1, 0.15) is 38.2 Å². The van der Waals surface area contributed by atoms with Crippen molar-refractivity contribution in [3.05, 3.63) is 36.0 Å². The van der Waals surface area contributed by atoms with E-state index in [-0.39, 0.29) is 6.03 Å². The summed E-state index contributed by atoms with van der Waals surface area (Å²) in [5.41, 5.74) is 2.25. The number of hydrogen-bond acceptors (Lipinski definition) is 2. The third-order valence-corrected chi connectivity index (χ3v) is 5.82. The fourth-order valence-electron chi connectivity index (χ4n) is 4.47. The number of benzene rings is 1. The topological polar surface area (TPSA) is 37.3 Å². The molecule has 1 N–H and O–H groups in total. The normalized spacial score (nSPS) is 27.5. The SMILES string of the molecule is CCc1cn(C(=O)NC2C[C@H]3CC[C@@H](C2)N3C)c2ccccc12. The number of aromatic nitrogens is 1. The van der Waals surface area contributed by atoms with Crippen LogP contribution in [0, 0.1) is 0 Å². The number of nitrogens with zero attached hydrogens (tertiary/aromatic N) is 2. The van der Waals surface area contributed by atoms with Crippen LogP contribution >= 0.6 is 0 Å². The maximum Gasteiger partial charge on any atom is 0.326 e. The van der Waals surface area contributed by atoms with E-state index in [0.29, 0.717) is 18.1 Å². The number of amides is 1. The van der Waals surface area contributed by atoms with E-state index in [1.807, 2.05) is 24.4 Å². The zero-order valence-electron chi connectivity index (χ0n) is 14.0. The van der Waals surface area contributed by atoms with Crippen molar-refractivity contribution >= 4 is 16.9 Å². The van der Waals surface area contributed by atoms with Crippen molar-refractivity contribution < 1.29 is 4.79 Å². The Morgan fingerprint density at radius 3 is 2.61 bits per heavy atom. The van der Waals surface area contributed by atoms with Crippen LogP contribution in [0.5, 0.6) is 0 Å². The molecule has 1 amide bonds. The first-order valence-corrected chi connectivity index (χ1v) is 8.79. The third-order valence-electron chi connectivity index (χ3n) is 5.82. The van der Waals surface area contributed by atoms with Gasteiger partial charge in [0.25, 0.3) is 0 Å². The molecular weight excluding hydrogens is 286 g/mol. The first kappa shape index (κ1) is 14.8. The summed E-state index contributed by atoms with van der Waals surface area (Å²) in [6.45, 7) is 2.14. The maximum atomic E-state index is 12.8. The van der Waals surface area contributed by atoms with E-state index < -0.39 is 0 Å². The van der Waals surface area contributed by atoms with Gasteiger partial charge < -0.3 is 10.2 Å². The highest BCUT2D eigenvalue weighted by Gasteiger charge is 2.38. The monoisotopic (exact) mass is 311 g/mol. The van der Waals surface area contributed by atoms with Gasteiger partial charge in [-0.3, -0.25) is 4.57 Å². The van der Waals surface area contributed by atoms with Gasteiger partial charge in [0.05, 0.1) is 5.52 Å². The number of carbonyl (C=O) groups excluding carboxylic acids is 1. The molecule has 1 unspecified atom stereocenters. The molecule has 3 atom stereocenters. The average molecular weight is 311 g/mol. The summed E-state index contributed by atoms with van der Waals surface area (Å²) >= 11 is 0. The molecule has 23 heavy (non-hydrogen) atoms. The minimum Gasteiger partial charge on any atom is -0.335 e. The maximum absolute atomic E-state index is 12.8. The summed E-state index contributed by atoms with van der Waals surface area (Å²) < 4.78 is 1.80. The van der Waals surface area contributed by atoms with Gasteiger partial charge in [0.15, 0.2) is 0 Å². The van der Waals surface area contributed by atoms with Crippen molar-refractivity contribution in [2.75, 3.05) is 7.05 Å². The first-order chi connectivity index (χ1) is 11.2. The summed E-state index contributed by atoms with van der Waals surface area (Å²) in [5.74, 6) is 0. The number of nitrogens with one attached hydrogen (secondary N) is 1. The van der Waals surface area contributed by atoms with Crippen LogP contribution < -0.4 is 5.32 Å². The van der Waals surface area contributed by atoms with Crippen LogP contribution in [-0.2, 0) is 6.42 Å². The molecule has 2 aromatic rings. The zero-order chi connectivity index (χ0) is 16.0. The number of aryl methyl sites for hydroxylation is 1. The van der Waals surface area contributed by atoms with E-state index >= 15 is 0 Å². The second-order valence-corrected chi connectivity index (χ2v) is 7.06. The quantitative estimate of drug-likeness (QED) is 0.923. The van der Waals surface area contributed by atoms with Gasteiger partial charge in [-0.2, -0.15) is 0 Å². The summed E-state index contributed by atoms with van der Waals surface area (Å²) in [7, 11) is 2.23. The van der Waals surface area contributed by atoms with Crippen molar-refractivity contribution in [1.29, 1.82) is 0 Å². The van der Waals surface area contributed by atoms with Crippen molar-refractivity contribution in [3.8, 4) is 0 Å². The second kappa shape index (κ2) is 5.68. The van der Waals surface area contributed by atoms with Gasteiger partial charge in [0.1, 0.15) is 0 Å². The van der Waals surface area contributed by atoms with E-state index in [1.165, 1.54) is 23.8 Å². The Hall–Kier alpha value is -1.81. The summed E-state index contributed by atoms with van der Waals surface area (Å²) in [6.07, 6.45) is 7.67. The third kappa shape index (κ3) is 2.45. The molecule has 1 aromatic heterocycles. The number of para-hydroxylation sites is 1. The Bertz CT molecular complexity index is 721. The van der Waals surface area contributed by atoms with Crippen LogP contribution in [-0.4, -0.2) is 40.7 Å². The lowest BCUT2D eigenvalue weighted by Gasteiger charge is -2.36. The van der Waals surface area contributed by atoms with Crippen molar-refractivity contribution in [1.82, 2.24) is 14.8 Å². The van der Waals surface area contributed by atoms with Gasteiger partial charge in [-0.05, 0) is 50.8 Å². The molecule has 0 aliphatic carbocycles. The number of rotatable bonds is 2. The van der Waals surface area contributed by atoms with Gasteiger partial charge in [0.2, 0.25) is 0 Å². The highest BCUT2D eigenvalue weighted by atomic mass is 16.2. The lowest BCUT2D eigenvalue weighted by molar-refractivity contribution is 0.150. The summed E-state index contributed by atoms with van der Waals surface area (Å²) in [6, 6.07) is 9.80. The molecule has 4 rings (SSSR count). The fourth-order valence-corrected chi connectivity index (χ4v) is 4.47. The number of carbonyl (C=O) groups is 1. The Morgan fingerprint density at radius 2 is 1.91 bits per heavy atom. The van der Waals surface area contributed by atoms with Gasteiger partial charge in [-0.15, -0.1) is 0 Å². The predicted molar refractivity (Wildman–Crippen MR) is 92.8 cm³/mol. The Morgan fingerprint density at radius 1 is 1.22 bits per heavy atom. The van der Waals surface area contributed by atoms with E-state index in [1.54, 1.807) is 4.57 Å². The van der Waals surface area contributed by atoms with Crippen LogP contribution in [0.2, 0.25) is 0 Å². The Balaban J connectivity index is 1.56. The van der Waals surface area contributed by atoms with E-state index in [9.17, 15) is 4.79 Å². The molecule has 2 bridgehead atoms. The van der Waals surface area contributed by atoms with Gasteiger partial charge >= 0.3 is 6.03 Å². The predicted octanol–water partition coefficient (Wildman–Crippen LogP) is 3.39. The molecule has 0 saturated carbocycles. The molecule has 1 aromatic carbocycles. The summed E-state index contributed by atoms with van der Waals surface area (Å²) in [4.78, 5) is 15.3. The van der Waals surface area contributed by atoms with Gasteiger partial charge in [-0.1, -0.05) is 25.1 Å². The van der Waals surface area contributed by atoms with Gasteiger partial charge in [-0.25, -0.2) is 4.79 Å². The highest BCUT2D eigenvalue weighted by molar-refractivity contribution is 5.93. The molecule has 2 saturated heterocycles. The van der Waals surface area contributed by atoms with Crippen molar-refractivity contribution in [3.63, 3.8) is 0 Å². The number of piperidine rings is 1. The molecule has 122 valence electrons. The minimum atomic E-state index is 0.0230. The molecule has 2 fully saturated rings. The van der Waals surface area contributed by atoms with E-state index in [2.05, 4.69) is 30.3 Å². The number of fused-ring (bicyclic) bond motifs is 3. The molecular formula is C19H25N3O. The van der Waals surface area contributed by atoms with Crippen LogP contribution in [0.4, 0.5) is 4.79 Å². The molecule has 3 heterocycles. The van der Waals surface area contributed by atoms with Crippen molar-refractivity contribution in [2.45, 2.75) is 57.2 Å². The highest BCUT2D eigenvalue weighted by Crippen LogP contribution is 2.34. The standard InChI is InChI=1S/C19H25N3O/c1-3-13-12-22(18-7-5-4-6-17(13)18)19(23)20-14-10-15-8-9-16(11-14)21(15)2/h4-7,12,14-16H,3,8-11H2,1-2H3,(H,20,23)/t14?,15-,16+. The van der Waals surface area contributed by atoms with E-state index in [4.69, 9.17) is 0 Å². The minimum absolute atomic E-state index is 0.0230. The molecule has 0 spiro atoms. The molecule has 2 aliphatic heterocycles. The largest absolute Gasteiger partial charge is 0.335 e. The first-order valence-electron chi connectivity index (χ1n) is 8.79. The van der Waals surface area contributed by atoms with Crippen LogP contribution in [0.25, 0.3) is 10.9 Å². The fraction of sp³-hybridized carbons (Fsp3) is 0.526. The van der Waals surface area contributed by atoms with Crippen LogP contribution in [0.15, 0.2) is 30.5 Å². The lowest BCUT2D eigenvalue weighted by atomic mass is 9.98. The van der Waals surface area contributed by atoms with Gasteiger partial charge in [0, 0.05) is 29.7 Å². The zero-order valence-corrected chi connectivity index (χ0v) is 14.0. The van der Waals surface area contributed by atoms with E-state index in [0.717, 1.165) is 24.8 Å². The molecule has 2 aliphatic rings. The Labute approximate surface area is 137 Å². The smallest absolute Gasteiger partial charge is 0.326 e. The molecule has 4 heteroatoms. The average Bonchev–Trinajstić information content (AvgIpc) is 3.01. The molecule has 4 nitrogen and oxygen atoms in total. The summed E-state index contributed by atoms with van der Waals surface area (Å²) in [5, 5.41) is 4.47. The second-order valence-electron chi connectivity index (χ2n) is 7.06. The lowest BCUT2D eigenvalue weighted by Crippen LogP contribution is -2.49. The Kier molecular flexibility index (Phi) is 3.64.